The quantitative estimate of drug-likeness (QED) is 0.221. The van der Waals surface area contributed by atoms with Gasteiger partial charge in [-0.3, -0.25) is 10.2 Å². The van der Waals surface area contributed by atoms with E-state index in [-0.39, 0.29) is 24.0 Å². The van der Waals surface area contributed by atoms with E-state index in [0.29, 0.717) is 6.54 Å². The fourth-order valence-electron chi connectivity index (χ4n) is 1.93. The van der Waals surface area contributed by atoms with Gasteiger partial charge < -0.3 is 21.7 Å². The van der Waals surface area contributed by atoms with Crippen LogP contribution in [0.1, 0.15) is 52.9 Å². The first-order valence-corrected chi connectivity index (χ1v) is 7.59. The van der Waals surface area contributed by atoms with Crippen molar-refractivity contribution in [1.82, 2.24) is 16.0 Å². The van der Waals surface area contributed by atoms with E-state index in [1.807, 2.05) is 13.8 Å². The van der Waals surface area contributed by atoms with Gasteiger partial charge in [-0.15, -0.1) is 0 Å². The van der Waals surface area contributed by atoms with Crippen LogP contribution in [0.5, 0.6) is 0 Å². The van der Waals surface area contributed by atoms with Gasteiger partial charge in [-0.2, -0.15) is 0 Å². The molecule has 1 amide bonds. The Labute approximate surface area is 122 Å². The van der Waals surface area contributed by atoms with E-state index in [0.717, 1.165) is 38.6 Å². The van der Waals surface area contributed by atoms with Gasteiger partial charge in [-0.05, 0) is 19.3 Å². The Morgan fingerprint density at radius 3 is 2.35 bits per heavy atom. The highest BCUT2D eigenvalue weighted by Crippen LogP contribution is 2.00. The number of unbranched alkanes of at least 4 members (excludes halogenated alkanes) is 2. The van der Waals surface area contributed by atoms with Gasteiger partial charge in [0.05, 0.1) is 6.04 Å². The van der Waals surface area contributed by atoms with Crippen LogP contribution in [0.2, 0.25) is 0 Å². The monoisotopic (exact) mass is 285 g/mol. The topological polar surface area (TPSA) is 103 Å². The van der Waals surface area contributed by atoms with Crippen LogP contribution in [0.15, 0.2) is 0 Å². The van der Waals surface area contributed by atoms with Gasteiger partial charge in [0.2, 0.25) is 5.91 Å². The molecule has 0 aromatic rings. The third-order valence-electron chi connectivity index (χ3n) is 2.92. The van der Waals surface area contributed by atoms with Gasteiger partial charge in [0.15, 0.2) is 5.96 Å². The molecule has 0 spiro atoms. The Morgan fingerprint density at radius 1 is 1.15 bits per heavy atom. The SMILES string of the molecule is CCCCCNC(=O)[C@@H](CCCNC(=N)N)NC(C)C. The zero-order chi connectivity index (χ0) is 15.4. The Bertz CT molecular complexity index is 281. The fraction of sp³-hybridized carbons (Fsp3) is 0.857. The Balaban J connectivity index is 4.04. The van der Waals surface area contributed by atoms with Crippen molar-refractivity contribution in [3.05, 3.63) is 0 Å². The van der Waals surface area contributed by atoms with Crippen molar-refractivity contribution in [2.24, 2.45) is 5.73 Å². The molecule has 0 unspecified atom stereocenters. The average Bonchev–Trinajstić information content (AvgIpc) is 2.37. The predicted octanol–water partition coefficient (Wildman–Crippen LogP) is 0.923. The number of carbonyl (C=O) groups excluding carboxylic acids is 1. The summed E-state index contributed by atoms with van der Waals surface area (Å²) in [7, 11) is 0. The maximum absolute atomic E-state index is 12.1. The van der Waals surface area contributed by atoms with Crippen molar-refractivity contribution in [1.29, 1.82) is 5.41 Å². The standard InChI is InChI=1S/C14H31N5O/c1-4-5-6-9-17-13(20)12(19-11(2)3)8-7-10-18-14(15)16/h11-12,19H,4-10H2,1-3H3,(H,17,20)(H4,15,16,18)/t12-/m1/s1. The number of hydrogen-bond acceptors (Lipinski definition) is 3. The number of nitrogens with two attached hydrogens (primary N) is 1. The van der Waals surface area contributed by atoms with E-state index in [1.54, 1.807) is 0 Å². The Kier molecular flexibility index (Phi) is 10.8. The first kappa shape index (κ1) is 18.7. The zero-order valence-electron chi connectivity index (χ0n) is 13.1. The molecule has 6 N–H and O–H groups in total. The van der Waals surface area contributed by atoms with E-state index in [1.165, 1.54) is 0 Å². The highest BCUT2D eigenvalue weighted by atomic mass is 16.2. The molecule has 118 valence electrons. The van der Waals surface area contributed by atoms with Gasteiger partial charge in [-0.25, -0.2) is 0 Å². The molecule has 0 rings (SSSR count). The summed E-state index contributed by atoms with van der Waals surface area (Å²) in [5, 5.41) is 16.1. The van der Waals surface area contributed by atoms with E-state index < -0.39 is 0 Å². The van der Waals surface area contributed by atoms with Crippen LogP contribution < -0.4 is 21.7 Å². The summed E-state index contributed by atoms with van der Waals surface area (Å²) in [5.41, 5.74) is 5.22. The van der Waals surface area contributed by atoms with E-state index in [4.69, 9.17) is 11.1 Å². The number of nitrogens with one attached hydrogen (secondary N) is 4. The van der Waals surface area contributed by atoms with Crippen molar-refractivity contribution in [2.45, 2.75) is 65.0 Å². The van der Waals surface area contributed by atoms with Gasteiger partial charge in [-0.1, -0.05) is 33.6 Å². The average molecular weight is 285 g/mol. The lowest BCUT2D eigenvalue weighted by molar-refractivity contribution is -0.123. The number of guanidine groups is 1. The summed E-state index contributed by atoms with van der Waals surface area (Å²) in [6.07, 6.45) is 4.86. The molecule has 0 aliphatic heterocycles. The van der Waals surface area contributed by atoms with Crippen molar-refractivity contribution < 1.29 is 4.79 Å². The second-order valence-electron chi connectivity index (χ2n) is 5.35. The van der Waals surface area contributed by atoms with Gasteiger partial charge in [0.25, 0.3) is 0 Å². The lowest BCUT2D eigenvalue weighted by atomic mass is 10.1. The van der Waals surface area contributed by atoms with Crippen LogP contribution in [-0.2, 0) is 4.79 Å². The van der Waals surface area contributed by atoms with Crippen LogP contribution in [0.25, 0.3) is 0 Å². The molecule has 0 fully saturated rings. The molecule has 0 aliphatic carbocycles. The normalized spacial score (nSPS) is 12.2. The molecular weight excluding hydrogens is 254 g/mol. The first-order valence-electron chi connectivity index (χ1n) is 7.59. The maximum atomic E-state index is 12.1. The van der Waals surface area contributed by atoms with Crippen LogP contribution >= 0.6 is 0 Å². The maximum Gasteiger partial charge on any atom is 0.237 e. The summed E-state index contributed by atoms with van der Waals surface area (Å²) in [4.78, 5) is 12.1. The van der Waals surface area contributed by atoms with Crippen molar-refractivity contribution in [3.8, 4) is 0 Å². The third-order valence-corrected chi connectivity index (χ3v) is 2.92. The van der Waals surface area contributed by atoms with E-state index >= 15 is 0 Å². The molecular formula is C14H31N5O. The molecule has 0 aromatic heterocycles. The second kappa shape index (κ2) is 11.5. The number of hydrogen-bond donors (Lipinski definition) is 5. The van der Waals surface area contributed by atoms with Crippen molar-refractivity contribution in [2.75, 3.05) is 13.1 Å². The second-order valence-corrected chi connectivity index (χ2v) is 5.35. The molecule has 0 saturated carbocycles. The molecule has 6 nitrogen and oxygen atoms in total. The summed E-state index contributed by atoms with van der Waals surface area (Å²) in [6, 6.07) is 0.0903. The van der Waals surface area contributed by atoms with Crippen LogP contribution in [-0.4, -0.2) is 37.0 Å². The van der Waals surface area contributed by atoms with E-state index in [2.05, 4.69) is 22.9 Å². The molecule has 0 saturated heterocycles. The Morgan fingerprint density at radius 2 is 1.80 bits per heavy atom. The predicted molar refractivity (Wildman–Crippen MR) is 83.7 cm³/mol. The molecule has 20 heavy (non-hydrogen) atoms. The molecule has 0 radical (unpaired) electrons. The molecule has 6 heteroatoms. The molecule has 0 heterocycles. The number of rotatable bonds is 11. The minimum Gasteiger partial charge on any atom is -0.370 e. The lowest BCUT2D eigenvalue weighted by Gasteiger charge is -2.21. The largest absolute Gasteiger partial charge is 0.370 e. The summed E-state index contributed by atoms with van der Waals surface area (Å²) < 4.78 is 0. The molecule has 0 bridgehead atoms. The van der Waals surface area contributed by atoms with Gasteiger partial charge in [0.1, 0.15) is 0 Å². The van der Waals surface area contributed by atoms with Crippen LogP contribution in [0.4, 0.5) is 0 Å². The van der Waals surface area contributed by atoms with Crippen LogP contribution in [0.3, 0.4) is 0 Å². The highest BCUT2D eigenvalue weighted by molar-refractivity contribution is 5.81. The number of carbonyl (C=O) groups is 1. The fourth-order valence-corrected chi connectivity index (χ4v) is 1.93. The Hall–Kier alpha value is -1.30. The minimum absolute atomic E-state index is 0.0256. The molecule has 0 aliphatic rings. The van der Waals surface area contributed by atoms with E-state index in [9.17, 15) is 4.79 Å². The smallest absolute Gasteiger partial charge is 0.237 e. The zero-order valence-corrected chi connectivity index (χ0v) is 13.1. The molecule has 0 aromatic carbocycles. The van der Waals surface area contributed by atoms with Crippen LogP contribution in [0, 0.1) is 5.41 Å². The number of amides is 1. The van der Waals surface area contributed by atoms with Crippen molar-refractivity contribution in [3.63, 3.8) is 0 Å². The first-order chi connectivity index (χ1) is 9.47. The van der Waals surface area contributed by atoms with Gasteiger partial charge in [0, 0.05) is 19.1 Å². The lowest BCUT2D eigenvalue weighted by Crippen LogP contribution is -2.47. The summed E-state index contributed by atoms with van der Waals surface area (Å²) in [6.45, 7) is 7.58. The highest BCUT2D eigenvalue weighted by Gasteiger charge is 2.17. The van der Waals surface area contributed by atoms with Crippen molar-refractivity contribution >= 4 is 11.9 Å². The van der Waals surface area contributed by atoms with Gasteiger partial charge >= 0.3 is 0 Å². The summed E-state index contributed by atoms with van der Waals surface area (Å²) >= 11 is 0. The molecule has 1 atom stereocenters. The minimum atomic E-state index is -0.176. The summed E-state index contributed by atoms with van der Waals surface area (Å²) in [5.74, 6) is 0.0417. The third kappa shape index (κ3) is 10.6.